The summed E-state index contributed by atoms with van der Waals surface area (Å²) >= 11 is 0. The van der Waals surface area contributed by atoms with Crippen LogP contribution in [0.15, 0.2) is 35.3 Å². The molecule has 0 spiro atoms. The van der Waals surface area contributed by atoms with Gasteiger partial charge in [0, 0.05) is 19.0 Å². The van der Waals surface area contributed by atoms with Crippen LogP contribution in [0.3, 0.4) is 0 Å². The highest BCUT2D eigenvalue weighted by molar-refractivity contribution is 5.81. The fourth-order valence-corrected chi connectivity index (χ4v) is 2.01. The average molecular weight is 273 g/mol. The Morgan fingerprint density at radius 3 is 2.85 bits per heavy atom. The standard InChI is InChI=1S/C15H19N3O2/c1-3-4-9-17(2)14(19)11-18-15(20)13-8-6-5-7-12(13)10-16-18/h5-8,10H,3-4,9,11H2,1-2H3. The fourth-order valence-electron chi connectivity index (χ4n) is 2.01. The van der Waals surface area contributed by atoms with E-state index in [1.165, 1.54) is 4.68 Å². The predicted molar refractivity (Wildman–Crippen MR) is 78.5 cm³/mol. The number of carbonyl (C=O) groups excluding carboxylic acids is 1. The van der Waals surface area contributed by atoms with Crippen LogP contribution in [0, 0.1) is 0 Å². The third-order valence-corrected chi connectivity index (χ3v) is 3.32. The van der Waals surface area contributed by atoms with Gasteiger partial charge in [-0.15, -0.1) is 0 Å². The van der Waals surface area contributed by atoms with Crippen molar-refractivity contribution < 1.29 is 4.79 Å². The number of fused-ring (bicyclic) bond motifs is 1. The number of carbonyl (C=O) groups is 1. The Morgan fingerprint density at radius 2 is 2.10 bits per heavy atom. The van der Waals surface area contributed by atoms with Crippen LogP contribution < -0.4 is 5.56 Å². The Kier molecular flexibility index (Phi) is 4.50. The highest BCUT2D eigenvalue weighted by Crippen LogP contribution is 2.06. The minimum atomic E-state index is -0.222. The van der Waals surface area contributed by atoms with Gasteiger partial charge >= 0.3 is 0 Å². The van der Waals surface area contributed by atoms with Crippen LogP contribution in [0.2, 0.25) is 0 Å². The number of unbranched alkanes of at least 4 members (excludes halogenated alkanes) is 1. The molecule has 1 aromatic heterocycles. The van der Waals surface area contributed by atoms with E-state index in [-0.39, 0.29) is 18.0 Å². The molecule has 0 saturated heterocycles. The summed E-state index contributed by atoms with van der Waals surface area (Å²) in [7, 11) is 1.75. The molecule has 0 bridgehead atoms. The molecule has 0 aliphatic carbocycles. The number of nitrogens with zero attached hydrogens (tertiary/aromatic N) is 3. The van der Waals surface area contributed by atoms with Crippen LogP contribution in [0.25, 0.3) is 10.8 Å². The van der Waals surface area contributed by atoms with Gasteiger partial charge in [0.2, 0.25) is 5.91 Å². The molecule has 2 rings (SSSR count). The molecular weight excluding hydrogens is 254 g/mol. The topological polar surface area (TPSA) is 55.2 Å². The zero-order chi connectivity index (χ0) is 14.5. The molecule has 0 fully saturated rings. The van der Waals surface area contributed by atoms with E-state index in [1.807, 2.05) is 18.2 Å². The first kappa shape index (κ1) is 14.2. The normalized spacial score (nSPS) is 10.7. The first-order chi connectivity index (χ1) is 9.63. The molecule has 0 unspecified atom stereocenters. The summed E-state index contributed by atoms with van der Waals surface area (Å²) in [5, 5.41) is 5.45. The van der Waals surface area contributed by atoms with E-state index in [1.54, 1.807) is 24.2 Å². The van der Waals surface area contributed by atoms with Crippen molar-refractivity contribution in [3.05, 3.63) is 40.8 Å². The van der Waals surface area contributed by atoms with Crippen LogP contribution in [0.4, 0.5) is 0 Å². The Morgan fingerprint density at radius 1 is 1.35 bits per heavy atom. The second-order valence-electron chi connectivity index (χ2n) is 4.86. The third-order valence-electron chi connectivity index (χ3n) is 3.32. The Hall–Kier alpha value is -2.17. The molecular formula is C15H19N3O2. The van der Waals surface area contributed by atoms with Crippen molar-refractivity contribution in [1.82, 2.24) is 14.7 Å². The second-order valence-corrected chi connectivity index (χ2v) is 4.86. The van der Waals surface area contributed by atoms with Crippen LogP contribution in [0.5, 0.6) is 0 Å². The van der Waals surface area contributed by atoms with Gasteiger partial charge in [-0.3, -0.25) is 9.59 Å². The SMILES string of the molecule is CCCCN(C)C(=O)Cn1ncc2ccccc2c1=O. The van der Waals surface area contributed by atoms with Gasteiger partial charge in [-0.05, 0) is 12.5 Å². The quantitative estimate of drug-likeness (QED) is 0.832. The summed E-state index contributed by atoms with van der Waals surface area (Å²) in [5.74, 6) is -0.0941. The highest BCUT2D eigenvalue weighted by Gasteiger charge is 2.11. The molecule has 5 nitrogen and oxygen atoms in total. The van der Waals surface area contributed by atoms with Crippen LogP contribution in [-0.4, -0.2) is 34.2 Å². The molecule has 0 atom stereocenters. The summed E-state index contributed by atoms with van der Waals surface area (Å²) < 4.78 is 1.23. The number of likely N-dealkylation sites (N-methyl/N-ethyl adjacent to an activating group) is 1. The third kappa shape index (κ3) is 3.04. The molecule has 0 N–H and O–H groups in total. The smallest absolute Gasteiger partial charge is 0.275 e. The van der Waals surface area contributed by atoms with Crippen LogP contribution >= 0.6 is 0 Å². The van der Waals surface area contributed by atoms with Crippen molar-refractivity contribution in [2.45, 2.75) is 26.3 Å². The monoisotopic (exact) mass is 273 g/mol. The minimum Gasteiger partial charge on any atom is -0.344 e. The number of hydrogen-bond donors (Lipinski definition) is 0. The Bertz CT molecular complexity index is 663. The first-order valence-electron chi connectivity index (χ1n) is 6.82. The van der Waals surface area contributed by atoms with E-state index in [4.69, 9.17) is 0 Å². The van der Waals surface area contributed by atoms with Gasteiger partial charge in [0.1, 0.15) is 6.54 Å². The number of rotatable bonds is 5. The molecule has 0 radical (unpaired) electrons. The summed E-state index contributed by atoms with van der Waals surface area (Å²) in [6.45, 7) is 2.77. The van der Waals surface area contributed by atoms with Gasteiger partial charge in [0.05, 0.1) is 11.6 Å². The lowest BCUT2D eigenvalue weighted by atomic mass is 10.2. The molecule has 1 aromatic carbocycles. The van der Waals surface area contributed by atoms with Gasteiger partial charge in [-0.1, -0.05) is 31.5 Å². The fraction of sp³-hybridized carbons (Fsp3) is 0.400. The molecule has 0 saturated carbocycles. The number of hydrogen-bond acceptors (Lipinski definition) is 3. The maximum absolute atomic E-state index is 12.2. The molecule has 2 aromatic rings. The molecule has 106 valence electrons. The molecule has 1 amide bonds. The largest absolute Gasteiger partial charge is 0.344 e. The van der Waals surface area contributed by atoms with E-state index in [2.05, 4.69) is 12.0 Å². The van der Waals surface area contributed by atoms with Crippen molar-refractivity contribution in [3.8, 4) is 0 Å². The lowest BCUT2D eigenvalue weighted by molar-refractivity contribution is -0.130. The Balaban J connectivity index is 2.20. The van der Waals surface area contributed by atoms with Gasteiger partial charge < -0.3 is 4.90 Å². The van der Waals surface area contributed by atoms with Gasteiger partial charge in [0.15, 0.2) is 0 Å². The second kappa shape index (κ2) is 6.32. The molecule has 1 heterocycles. The average Bonchev–Trinajstić information content (AvgIpc) is 2.47. The summed E-state index contributed by atoms with van der Waals surface area (Å²) in [5.41, 5.74) is -0.222. The van der Waals surface area contributed by atoms with E-state index < -0.39 is 0 Å². The molecule has 20 heavy (non-hydrogen) atoms. The van der Waals surface area contributed by atoms with Crippen molar-refractivity contribution in [1.29, 1.82) is 0 Å². The zero-order valence-corrected chi connectivity index (χ0v) is 11.9. The number of aromatic nitrogens is 2. The summed E-state index contributed by atoms with van der Waals surface area (Å²) in [6, 6.07) is 7.26. The van der Waals surface area contributed by atoms with E-state index >= 15 is 0 Å². The number of amides is 1. The van der Waals surface area contributed by atoms with Crippen molar-refractivity contribution in [3.63, 3.8) is 0 Å². The molecule has 0 aliphatic heterocycles. The summed E-state index contributed by atoms with van der Waals surface area (Å²) in [4.78, 5) is 25.9. The van der Waals surface area contributed by atoms with E-state index in [9.17, 15) is 9.59 Å². The van der Waals surface area contributed by atoms with Gasteiger partial charge in [0.25, 0.3) is 5.56 Å². The molecule has 5 heteroatoms. The first-order valence-corrected chi connectivity index (χ1v) is 6.82. The summed E-state index contributed by atoms with van der Waals surface area (Å²) in [6.07, 6.45) is 3.62. The van der Waals surface area contributed by atoms with Gasteiger partial charge in [-0.2, -0.15) is 5.10 Å². The van der Waals surface area contributed by atoms with Crippen LogP contribution in [-0.2, 0) is 11.3 Å². The minimum absolute atomic E-state index is 0.0100. The number of benzene rings is 1. The molecule has 0 aliphatic rings. The van der Waals surface area contributed by atoms with Crippen molar-refractivity contribution >= 4 is 16.7 Å². The maximum Gasteiger partial charge on any atom is 0.275 e. The lowest BCUT2D eigenvalue weighted by Crippen LogP contribution is -2.35. The highest BCUT2D eigenvalue weighted by atomic mass is 16.2. The predicted octanol–water partition coefficient (Wildman–Crippen LogP) is 1.66. The van der Waals surface area contributed by atoms with Crippen molar-refractivity contribution in [2.75, 3.05) is 13.6 Å². The van der Waals surface area contributed by atoms with E-state index in [0.717, 1.165) is 18.2 Å². The van der Waals surface area contributed by atoms with Crippen LogP contribution in [0.1, 0.15) is 19.8 Å². The zero-order valence-electron chi connectivity index (χ0n) is 11.9. The lowest BCUT2D eigenvalue weighted by Gasteiger charge is -2.16. The van der Waals surface area contributed by atoms with E-state index in [0.29, 0.717) is 11.9 Å². The maximum atomic E-state index is 12.2. The Labute approximate surface area is 117 Å². The van der Waals surface area contributed by atoms with Crippen molar-refractivity contribution in [2.24, 2.45) is 0 Å². The van der Waals surface area contributed by atoms with Gasteiger partial charge in [-0.25, -0.2) is 4.68 Å².